The zero-order valence-corrected chi connectivity index (χ0v) is 12.3. The predicted molar refractivity (Wildman–Crippen MR) is 72.5 cm³/mol. The first-order valence-electron chi connectivity index (χ1n) is 6.37. The number of amides is 1. The van der Waals surface area contributed by atoms with Gasteiger partial charge < -0.3 is 11.1 Å². The average Bonchev–Trinajstić information content (AvgIpc) is 3.02. The van der Waals surface area contributed by atoms with Crippen molar-refractivity contribution in [3.63, 3.8) is 0 Å². The number of aromatic nitrogens is 4. The second kappa shape index (κ2) is 5.46. The van der Waals surface area contributed by atoms with Gasteiger partial charge in [0.25, 0.3) is 0 Å². The third kappa shape index (κ3) is 3.66. The molecule has 2 unspecified atom stereocenters. The molecule has 0 aliphatic heterocycles. The molecule has 7 nitrogen and oxygen atoms in total. The number of primary amides is 1. The van der Waals surface area contributed by atoms with Crippen LogP contribution >= 0.6 is 11.8 Å². The molecule has 1 heterocycles. The zero-order chi connectivity index (χ0) is 14.0. The van der Waals surface area contributed by atoms with Crippen LogP contribution < -0.4 is 11.1 Å². The molecule has 0 aromatic carbocycles. The van der Waals surface area contributed by atoms with Gasteiger partial charge in [0, 0.05) is 18.3 Å². The van der Waals surface area contributed by atoms with Gasteiger partial charge in [0.05, 0.1) is 5.54 Å². The first kappa shape index (κ1) is 14.3. The van der Waals surface area contributed by atoms with E-state index in [0.717, 1.165) is 18.0 Å². The van der Waals surface area contributed by atoms with Gasteiger partial charge in [0.2, 0.25) is 11.1 Å². The molecule has 0 bridgehead atoms. The topological polar surface area (TPSA) is 98.7 Å². The number of rotatable bonds is 7. The first-order valence-corrected chi connectivity index (χ1v) is 7.25. The van der Waals surface area contributed by atoms with Crippen molar-refractivity contribution in [2.24, 2.45) is 12.8 Å². The van der Waals surface area contributed by atoms with Crippen molar-refractivity contribution in [2.75, 3.05) is 0 Å². The Labute approximate surface area is 116 Å². The van der Waals surface area contributed by atoms with Crippen molar-refractivity contribution < 1.29 is 4.79 Å². The lowest BCUT2D eigenvalue weighted by Gasteiger charge is -2.30. The third-order valence-corrected chi connectivity index (χ3v) is 4.35. The highest BCUT2D eigenvalue weighted by Gasteiger charge is 2.38. The van der Waals surface area contributed by atoms with Gasteiger partial charge in [-0.25, -0.2) is 4.68 Å². The second-order valence-electron chi connectivity index (χ2n) is 5.33. The number of aryl methyl sites for hydroxylation is 1. The molecule has 1 amide bonds. The SMILES string of the molecule is CC(CC(C)(NC1CC1)C(N)=O)Sc1nnnn1C. The smallest absolute Gasteiger partial charge is 0.237 e. The van der Waals surface area contributed by atoms with Crippen LogP contribution in [0.3, 0.4) is 0 Å². The zero-order valence-electron chi connectivity index (χ0n) is 11.5. The summed E-state index contributed by atoms with van der Waals surface area (Å²) in [4.78, 5) is 11.7. The van der Waals surface area contributed by atoms with E-state index in [-0.39, 0.29) is 11.2 Å². The number of nitrogens with zero attached hydrogens (tertiary/aromatic N) is 4. The molecule has 19 heavy (non-hydrogen) atoms. The van der Waals surface area contributed by atoms with Crippen LogP contribution in [0.5, 0.6) is 0 Å². The molecule has 1 saturated carbocycles. The number of carbonyl (C=O) groups is 1. The minimum Gasteiger partial charge on any atom is -0.368 e. The molecule has 0 saturated heterocycles. The van der Waals surface area contributed by atoms with Crippen LogP contribution in [-0.4, -0.2) is 42.9 Å². The fourth-order valence-corrected chi connectivity index (χ4v) is 3.08. The summed E-state index contributed by atoms with van der Waals surface area (Å²) in [6, 6.07) is 0.436. The largest absolute Gasteiger partial charge is 0.368 e. The normalized spacial score (nSPS) is 19.9. The first-order chi connectivity index (χ1) is 8.90. The van der Waals surface area contributed by atoms with Crippen LogP contribution in [-0.2, 0) is 11.8 Å². The van der Waals surface area contributed by atoms with Gasteiger partial charge in [-0.3, -0.25) is 4.79 Å². The summed E-state index contributed by atoms with van der Waals surface area (Å²) < 4.78 is 1.62. The highest BCUT2D eigenvalue weighted by Crippen LogP contribution is 2.29. The molecule has 2 rings (SSSR count). The summed E-state index contributed by atoms with van der Waals surface area (Å²) >= 11 is 1.55. The maximum absolute atomic E-state index is 11.7. The van der Waals surface area contributed by atoms with Gasteiger partial charge in [-0.1, -0.05) is 18.7 Å². The Hall–Kier alpha value is -1.15. The van der Waals surface area contributed by atoms with Crippen LogP contribution in [0.2, 0.25) is 0 Å². The minimum absolute atomic E-state index is 0.188. The molecular weight excluding hydrogens is 264 g/mol. The van der Waals surface area contributed by atoms with E-state index in [1.165, 1.54) is 0 Å². The standard InChI is InChI=1S/C11H20N6OS/c1-7(19-10-14-15-16-17(10)3)6-11(2,9(12)18)13-8-4-5-8/h7-8,13H,4-6H2,1-3H3,(H2,12,18). The number of hydrogen-bond acceptors (Lipinski definition) is 6. The van der Waals surface area contributed by atoms with Crippen molar-refractivity contribution >= 4 is 17.7 Å². The van der Waals surface area contributed by atoms with Crippen LogP contribution in [0.15, 0.2) is 5.16 Å². The summed E-state index contributed by atoms with van der Waals surface area (Å²) in [5.41, 5.74) is 4.88. The molecule has 106 valence electrons. The molecule has 1 aliphatic rings. The molecule has 0 radical (unpaired) electrons. The lowest BCUT2D eigenvalue weighted by atomic mass is 9.95. The van der Waals surface area contributed by atoms with Gasteiger partial charge in [0.15, 0.2) is 0 Å². The predicted octanol–water partition coefficient (Wildman–Crippen LogP) is 0.0768. The van der Waals surface area contributed by atoms with E-state index in [1.54, 1.807) is 23.5 Å². The number of hydrogen-bond donors (Lipinski definition) is 2. The van der Waals surface area contributed by atoms with E-state index in [1.807, 2.05) is 6.92 Å². The highest BCUT2D eigenvalue weighted by molar-refractivity contribution is 7.99. The Kier molecular flexibility index (Phi) is 4.10. The number of nitrogens with two attached hydrogens (primary N) is 1. The lowest BCUT2D eigenvalue weighted by molar-refractivity contribution is -0.124. The molecular formula is C11H20N6OS. The second-order valence-corrected chi connectivity index (χ2v) is 6.74. The molecule has 1 aromatic heterocycles. The van der Waals surface area contributed by atoms with Crippen LogP contribution in [0, 0.1) is 0 Å². The van der Waals surface area contributed by atoms with Crippen molar-refractivity contribution in [1.82, 2.24) is 25.5 Å². The van der Waals surface area contributed by atoms with Gasteiger partial charge >= 0.3 is 0 Å². The van der Waals surface area contributed by atoms with E-state index in [4.69, 9.17) is 5.73 Å². The minimum atomic E-state index is -0.667. The average molecular weight is 284 g/mol. The van der Waals surface area contributed by atoms with E-state index in [9.17, 15) is 4.79 Å². The molecule has 8 heteroatoms. The van der Waals surface area contributed by atoms with Gasteiger partial charge in [-0.05, 0) is 36.6 Å². The van der Waals surface area contributed by atoms with E-state index in [2.05, 4.69) is 27.8 Å². The Morgan fingerprint density at radius 3 is 2.84 bits per heavy atom. The maximum Gasteiger partial charge on any atom is 0.237 e. The quantitative estimate of drug-likeness (QED) is 0.688. The molecule has 3 N–H and O–H groups in total. The number of thioether (sulfide) groups is 1. The summed E-state index contributed by atoms with van der Waals surface area (Å²) in [5, 5.41) is 15.6. The molecule has 1 aromatic rings. The van der Waals surface area contributed by atoms with Crippen molar-refractivity contribution in [1.29, 1.82) is 0 Å². The van der Waals surface area contributed by atoms with Crippen LogP contribution in [0.4, 0.5) is 0 Å². The summed E-state index contributed by atoms with van der Waals surface area (Å²) in [7, 11) is 1.80. The fourth-order valence-electron chi connectivity index (χ4n) is 2.03. The van der Waals surface area contributed by atoms with Crippen molar-refractivity contribution in [3.05, 3.63) is 0 Å². The number of nitrogens with one attached hydrogen (secondary N) is 1. The Morgan fingerprint density at radius 1 is 1.68 bits per heavy atom. The van der Waals surface area contributed by atoms with E-state index < -0.39 is 5.54 Å². The fraction of sp³-hybridized carbons (Fsp3) is 0.818. The highest BCUT2D eigenvalue weighted by atomic mass is 32.2. The molecule has 1 fully saturated rings. The van der Waals surface area contributed by atoms with Crippen molar-refractivity contribution in [3.8, 4) is 0 Å². The maximum atomic E-state index is 11.7. The monoisotopic (exact) mass is 284 g/mol. The van der Waals surface area contributed by atoms with Crippen LogP contribution in [0.25, 0.3) is 0 Å². The summed E-state index contributed by atoms with van der Waals surface area (Å²) in [6.45, 7) is 3.93. The van der Waals surface area contributed by atoms with Gasteiger partial charge in [-0.2, -0.15) is 0 Å². The van der Waals surface area contributed by atoms with Gasteiger partial charge in [0.1, 0.15) is 0 Å². The van der Waals surface area contributed by atoms with E-state index >= 15 is 0 Å². The molecule has 2 atom stereocenters. The lowest BCUT2D eigenvalue weighted by Crippen LogP contribution is -2.55. The Balaban J connectivity index is 1.96. The number of carbonyl (C=O) groups excluding carboxylic acids is 1. The Morgan fingerprint density at radius 2 is 2.37 bits per heavy atom. The number of tetrazole rings is 1. The van der Waals surface area contributed by atoms with Crippen molar-refractivity contribution in [2.45, 2.75) is 55.1 Å². The third-order valence-electron chi connectivity index (χ3n) is 3.23. The summed E-state index contributed by atoms with van der Waals surface area (Å²) in [5.74, 6) is -0.303. The molecule has 0 spiro atoms. The van der Waals surface area contributed by atoms with Crippen LogP contribution in [0.1, 0.15) is 33.1 Å². The molecule has 1 aliphatic carbocycles. The Bertz CT molecular complexity index is 460. The van der Waals surface area contributed by atoms with E-state index in [0.29, 0.717) is 12.5 Å². The summed E-state index contributed by atoms with van der Waals surface area (Å²) in [6.07, 6.45) is 2.89. The van der Waals surface area contributed by atoms with Gasteiger partial charge in [-0.15, -0.1) is 5.10 Å².